The van der Waals surface area contributed by atoms with Crippen LogP contribution in [0.5, 0.6) is 0 Å². The van der Waals surface area contributed by atoms with Gasteiger partial charge in [0, 0.05) is 6.04 Å². The molecule has 3 rings (SSSR count). The Morgan fingerprint density at radius 2 is 2.00 bits per heavy atom. The Kier molecular flexibility index (Phi) is 5.23. The van der Waals surface area contributed by atoms with Gasteiger partial charge in [0.2, 0.25) is 0 Å². The molecule has 1 saturated carbocycles. The van der Waals surface area contributed by atoms with E-state index in [0.29, 0.717) is 24.1 Å². The third kappa shape index (κ3) is 3.85. The number of benzene rings is 1. The highest BCUT2D eigenvalue weighted by molar-refractivity contribution is 5.47. The summed E-state index contributed by atoms with van der Waals surface area (Å²) in [7, 11) is 2.00. The molecular formula is C17H19F3N6. The summed E-state index contributed by atoms with van der Waals surface area (Å²) in [4.78, 5) is 2.18. The van der Waals surface area contributed by atoms with Crippen molar-refractivity contribution in [1.29, 1.82) is 5.26 Å². The number of halogens is 3. The van der Waals surface area contributed by atoms with Crippen molar-refractivity contribution >= 4 is 0 Å². The molecule has 0 N–H and O–H groups in total. The molecule has 0 radical (unpaired) electrons. The first-order valence-corrected chi connectivity index (χ1v) is 8.49. The minimum absolute atomic E-state index is 0.339. The molecule has 0 amide bonds. The number of nitriles is 1. The first kappa shape index (κ1) is 18.3. The molecule has 0 saturated heterocycles. The Labute approximate surface area is 149 Å². The Hall–Kier alpha value is -2.47. The van der Waals surface area contributed by atoms with Crippen molar-refractivity contribution in [1.82, 2.24) is 25.1 Å². The lowest BCUT2D eigenvalue weighted by atomic mass is 9.94. The maximum absolute atomic E-state index is 13.0. The Morgan fingerprint density at radius 3 is 2.65 bits per heavy atom. The molecule has 1 aliphatic rings. The molecule has 0 atom stereocenters. The molecular weight excluding hydrogens is 345 g/mol. The van der Waals surface area contributed by atoms with E-state index >= 15 is 0 Å². The molecule has 0 unspecified atom stereocenters. The van der Waals surface area contributed by atoms with Gasteiger partial charge >= 0.3 is 6.18 Å². The fraction of sp³-hybridized carbons (Fsp3) is 0.529. The number of hydrogen-bond acceptors (Lipinski definition) is 5. The SMILES string of the molecule is CN(Cc1nnnn1-c1ccc(C(F)(F)F)c(C#N)c1)C1CCCCC1. The van der Waals surface area contributed by atoms with Crippen LogP contribution in [-0.4, -0.2) is 38.2 Å². The Bertz CT molecular complexity index is 802. The van der Waals surface area contributed by atoms with E-state index in [-0.39, 0.29) is 0 Å². The fourth-order valence-electron chi connectivity index (χ4n) is 3.38. The summed E-state index contributed by atoms with van der Waals surface area (Å²) < 4.78 is 40.3. The first-order valence-electron chi connectivity index (χ1n) is 8.49. The molecule has 0 aliphatic heterocycles. The summed E-state index contributed by atoms with van der Waals surface area (Å²) in [5, 5.41) is 20.6. The summed E-state index contributed by atoms with van der Waals surface area (Å²) in [6, 6.07) is 5.40. The zero-order chi connectivity index (χ0) is 18.7. The normalized spacial score (nSPS) is 16.0. The highest BCUT2D eigenvalue weighted by Gasteiger charge is 2.33. The molecule has 0 spiro atoms. The molecule has 138 valence electrons. The smallest absolute Gasteiger partial charge is 0.296 e. The Balaban J connectivity index is 1.85. The molecule has 1 aromatic carbocycles. The number of alkyl halides is 3. The van der Waals surface area contributed by atoms with Crippen LogP contribution in [0.2, 0.25) is 0 Å². The zero-order valence-electron chi connectivity index (χ0n) is 14.4. The summed E-state index contributed by atoms with van der Waals surface area (Å²) >= 11 is 0. The second-order valence-electron chi connectivity index (χ2n) is 6.55. The number of nitrogens with zero attached hydrogens (tertiary/aromatic N) is 6. The molecule has 26 heavy (non-hydrogen) atoms. The zero-order valence-corrected chi connectivity index (χ0v) is 14.4. The summed E-state index contributed by atoms with van der Waals surface area (Å²) in [5.41, 5.74) is -1.07. The summed E-state index contributed by atoms with van der Waals surface area (Å²) in [6.07, 6.45) is 1.32. The van der Waals surface area contributed by atoms with Crippen molar-refractivity contribution in [2.24, 2.45) is 0 Å². The van der Waals surface area contributed by atoms with E-state index in [0.717, 1.165) is 18.9 Å². The van der Waals surface area contributed by atoms with Crippen LogP contribution in [0.15, 0.2) is 18.2 Å². The van der Waals surface area contributed by atoms with Crippen molar-refractivity contribution in [2.75, 3.05) is 7.05 Å². The predicted octanol–water partition coefficient (Wildman–Crippen LogP) is 3.32. The van der Waals surface area contributed by atoms with E-state index in [4.69, 9.17) is 5.26 Å². The van der Waals surface area contributed by atoms with Crippen LogP contribution in [0.3, 0.4) is 0 Å². The van der Waals surface area contributed by atoms with Crippen LogP contribution in [0.25, 0.3) is 5.69 Å². The third-order valence-corrected chi connectivity index (χ3v) is 4.80. The van der Waals surface area contributed by atoms with Crippen molar-refractivity contribution in [2.45, 2.75) is 50.9 Å². The molecule has 6 nitrogen and oxygen atoms in total. The van der Waals surface area contributed by atoms with Gasteiger partial charge in [0.15, 0.2) is 5.82 Å². The lowest BCUT2D eigenvalue weighted by Gasteiger charge is -2.30. The molecule has 1 aromatic heterocycles. The molecule has 2 aromatic rings. The fourth-order valence-corrected chi connectivity index (χ4v) is 3.38. The average molecular weight is 364 g/mol. The quantitative estimate of drug-likeness (QED) is 0.832. The molecule has 9 heteroatoms. The van der Waals surface area contributed by atoms with Crippen molar-refractivity contribution in [3.63, 3.8) is 0 Å². The van der Waals surface area contributed by atoms with Crippen LogP contribution in [0, 0.1) is 11.3 Å². The van der Waals surface area contributed by atoms with Gasteiger partial charge in [0.05, 0.1) is 29.4 Å². The summed E-state index contributed by atoms with van der Waals surface area (Å²) in [5.74, 6) is 0.529. The minimum Gasteiger partial charge on any atom is -0.296 e. The van der Waals surface area contributed by atoms with Gasteiger partial charge in [-0.1, -0.05) is 19.3 Å². The summed E-state index contributed by atoms with van der Waals surface area (Å²) in [6.45, 7) is 0.487. The van der Waals surface area contributed by atoms with Crippen LogP contribution >= 0.6 is 0 Å². The lowest BCUT2D eigenvalue weighted by Crippen LogP contribution is -2.33. The second-order valence-corrected chi connectivity index (χ2v) is 6.55. The van der Waals surface area contributed by atoms with Gasteiger partial charge in [-0.05, 0) is 48.5 Å². The van der Waals surface area contributed by atoms with Crippen molar-refractivity contribution in [3.05, 3.63) is 35.2 Å². The van der Waals surface area contributed by atoms with Crippen molar-refractivity contribution < 1.29 is 13.2 Å². The minimum atomic E-state index is -4.58. The number of rotatable bonds is 4. The first-order chi connectivity index (χ1) is 12.4. The molecule has 1 heterocycles. The topological polar surface area (TPSA) is 70.6 Å². The maximum atomic E-state index is 13.0. The van der Waals surface area contributed by atoms with Crippen LogP contribution in [0.4, 0.5) is 13.2 Å². The van der Waals surface area contributed by atoms with Gasteiger partial charge in [-0.3, -0.25) is 4.90 Å². The largest absolute Gasteiger partial charge is 0.417 e. The number of tetrazole rings is 1. The monoisotopic (exact) mass is 364 g/mol. The van der Waals surface area contributed by atoms with Crippen LogP contribution < -0.4 is 0 Å². The van der Waals surface area contributed by atoms with E-state index in [1.807, 2.05) is 7.05 Å². The molecule has 0 bridgehead atoms. The van der Waals surface area contributed by atoms with Gasteiger partial charge in [0.1, 0.15) is 0 Å². The van der Waals surface area contributed by atoms with Gasteiger partial charge in [0.25, 0.3) is 0 Å². The van der Waals surface area contributed by atoms with E-state index in [1.54, 1.807) is 6.07 Å². The highest BCUT2D eigenvalue weighted by atomic mass is 19.4. The van der Waals surface area contributed by atoms with Gasteiger partial charge in [-0.15, -0.1) is 5.10 Å². The Morgan fingerprint density at radius 1 is 1.27 bits per heavy atom. The molecule has 1 fully saturated rings. The van der Waals surface area contributed by atoms with Gasteiger partial charge in [-0.25, -0.2) is 0 Å². The van der Waals surface area contributed by atoms with E-state index in [9.17, 15) is 13.2 Å². The van der Waals surface area contributed by atoms with Gasteiger partial charge < -0.3 is 0 Å². The third-order valence-electron chi connectivity index (χ3n) is 4.80. The van der Waals surface area contributed by atoms with Crippen molar-refractivity contribution in [3.8, 4) is 11.8 Å². The maximum Gasteiger partial charge on any atom is 0.417 e. The van der Waals surface area contributed by atoms with Crippen LogP contribution in [-0.2, 0) is 12.7 Å². The second kappa shape index (κ2) is 7.41. The average Bonchev–Trinajstić information content (AvgIpc) is 3.09. The van der Waals surface area contributed by atoms with E-state index in [1.165, 1.54) is 36.1 Å². The molecule has 1 aliphatic carbocycles. The number of aromatic nitrogens is 4. The highest BCUT2D eigenvalue weighted by Crippen LogP contribution is 2.32. The standard InChI is InChI=1S/C17H19F3N6/c1-25(13-5-3-2-4-6-13)11-16-22-23-24-26(16)14-7-8-15(17(18,19)20)12(9-14)10-21/h7-9,13H,2-6,11H2,1H3. The van der Waals surface area contributed by atoms with Crippen LogP contribution in [0.1, 0.15) is 49.1 Å². The van der Waals surface area contributed by atoms with E-state index in [2.05, 4.69) is 20.4 Å². The number of hydrogen-bond donors (Lipinski definition) is 0. The van der Waals surface area contributed by atoms with E-state index < -0.39 is 17.3 Å². The predicted molar refractivity (Wildman–Crippen MR) is 87.2 cm³/mol. The van der Waals surface area contributed by atoms with Gasteiger partial charge in [-0.2, -0.15) is 23.1 Å². The lowest BCUT2D eigenvalue weighted by molar-refractivity contribution is -0.137.